The number of nitrogens with one attached hydrogen (secondary N) is 1. The van der Waals surface area contributed by atoms with Crippen molar-refractivity contribution in [3.8, 4) is 0 Å². The van der Waals surface area contributed by atoms with Gasteiger partial charge in [-0.3, -0.25) is 9.35 Å². The number of hydrogen-bond donors (Lipinski definition) is 2. The highest BCUT2D eigenvalue weighted by Gasteiger charge is 2.24. The predicted octanol–water partition coefficient (Wildman–Crippen LogP) is -0.0466. The van der Waals surface area contributed by atoms with Gasteiger partial charge >= 0.3 is 0 Å². The van der Waals surface area contributed by atoms with Crippen molar-refractivity contribution in [2.45, 2.75) is 25.1 Å². The summed E-state index contributed by atoms with van der Waals surface area (Å²) in [4.78, 5) is 10.7. The van der Waals surface area contributed by atoms with Gasteiger partial charge in [0.05, 0.1) is 0 Å². The van der Waals surface area contributed by atoms with Gasteiger partial charge in [-0.15, -0.1) is 0 Å². The van der Waals surface area contributed by atoms with Gasteiger partial charge in [-0.2, -0.15) is 8.42 Å². The Hall–Kier alpha value is -0.880. The summed E-state index contributed by atoms with van der Waals surface area (Å²) in [7, 11) is -4.10. The summed E-state index contributed by atoms with van der Waals surface area (Å²) in [5.41, 5.74) is 0. The zero-order valence-electron chi connectivity index (χ0n) is 7.52. The molecule has 0 spiro atoms. The minimum Gasteiger partial charge on any atom is -0.349 e. The van der Waals surface area contributed by atoms with Crippen LogP contribution >= 0.6 is 0 Å². The molecule has 0 aliphatic heterocycles. The SMILES string of the molecule is C=CC(=O)NC(C)C(C)S(=O)(=O)O. The van der Waals surface area contributed by atoms with Crippen LogP contribution in [0.5, 0.6) is 0 Å². The highest BCUT2D eigenvalue weighted by atomic mass is 32.2. The molecule has 5 nitrogen and oxygen atoms in total. The maximum atomic E-state index is 10.7. The third-order valence-electron chi connectivity index (χ3n) is 1.73. The molecule has 13 heavy (non-hydrogen) atoms. The number of hydrogen-bond acceptors (Lipinski definition) is 3. The van der Waals surface area contributed by atoms with Gasteiger partial charge in [-0.1, -0.05) is 6.58 Å². The molecule has 0 aromatic heterocycles. The Balaban J connectivity index is 4.36. The Morgan fingerprint density at radius 2 is 2.00 bits per heavy atom. The normalized spacial score (nSPS) is 15.9. The van der Waals surface area contributed by atoms with Crippen molar-refractivity contribution in [2.24, 2.45) is 0 Å². The summed E-state index contributed by atoms with van der Waals surface area (Å²) in [6.07, 6.45) is 1.03. The molecular weight excluding hydrogens is 194 g/mol. The standard InChI is InChI=1S/C7H13NO4S/c1-4-7(9)8-5(2)6(3)13(10,11)12/h4-6H,1H2,2-3H3,(H,8,9)(H,10,11,12). The van der Waals surface area contributed by atoms with Crippen LogP contribution in [0.1, 0.15) is 13.8 Å². The second-order valence-corrected chi connectivity index (χ2v) is 4.49. The van der Waals surface area contributed by atoms with E-state index in [1.807, 2.05) is 0 Å². The number of carbonyl (C=O) groups excluding carboxylic acids is 1. The van der Waals surface area contributed by atoms with Crippen LogP contribution in [0.3, 0.4) is 0 Å². The summed E-state index contributed by atoms with van der Waals surface area (Å²) in [5, 5.41) is 1.31. The Labute approximate surface area is 77.6 Å². The molecule has 0 aliphatic carbocycles. The van der Waals surface area contributed by atoms with E-state index >= 15 is 0 Å². The summed E-state index contributed by atoms with van der Waals surface area (Å²) in [6, 6.07) is -0.652. The Bertz CT molecular complexity index is 296. The minimum atomic E-state index is -4.10. The van der Waals surface area contributed by atoms with Gasteiger partial charge in [0.15, 0.2) is 0 Å². The molecule has 0 saturated heterocycles. The maximum Gasteiger partial charge on any atom is 0.269 e. The van der Waals surface area contributed by atoms with E-state index in [2.05, 4.69) is 11.9 Å². The molecule has 0 radical (unpaired) electrons. The van der Waals surface area contributed by atoms with Crippen molar-refractivity contribution in [3.63, 3.8) is 0 Å². The van der Waals surface area contributed by atoms with Crippen molar-refractivity contribution < 1.29 is 17.8 Å². The van der Waals surface area contributed by atoms with Crippen molar-refractivity contribution in [3.05, 3.63) is 12.7 Å². The van der Waals surface area contributed by atoms with Crippen molar-refractivity contribution in [2.75, 3.05) is 0 Å². The number of carbonyl (C=O) groups is 1. The van der Waals surface area contributed by atoms with Gasteiger partial charge in [0, 0.05) is 6.04 Å². The second-order valence-electron chi connectivity index (χ2n) is 2.72. The molecule has 0 saturated carbocycles. The van der Waals surface area contributed by atoms with E-state index in [1.165, 1.54) is 13.8 Å². The summed E-state index contributed by atoms with van der Waals surface area (Å²) >= 11 is 0. The Kier molecular flexibility index (Phi) is 4.09. The monoisotopic (exact) mass is 207 g/mol. The van der Waals surface area contributed by atoms with Crippen LogP contribution in [-0.2, 0) is 14.9 Å². The first-order valence-corrected chi connectivity index (χ1v) is 5.18. The quantitative estimate of drug-likeness (QED) is 0.500. The van der Waals surface area contributed by atoms with Gasteiger partial charge in [0.25, 0.3) is 10.1 Å². The fourth-order valence-electron chi connectivity index (χ4n) is 0.659. The predicted molar refractivity (Wildman–Crippen MR) is 48.8 cm³/mol. The van der Waals surface area contributed by atoms with E-state index in [0.717, 1.165) is 6.08 Å². The van der Waals surface area contributed by atoms with E-state index in [4.69, 9.17) is 4.55 Å². The first-order valence-electron chi connectivity index (χ1n) is 3.68. The minimum absolute atomic E-state index is 0.469. The van der Waals surface area contributed by atoms with Gasteiger partial charge in [0.2, 0.25) is 5.91 Å². The first kappa shape index (κ1) is 12.1. The Morgan fingerprint density at radius 1 is 1.54 bits per heavy atom. The number of amides is 1. The summed E-state index contributed by atoms with van der Waals surface area (Å²) in [6.45, 7) is 6.01. The Morgan fingerprint density at radius 3 is 2.31 bits per heavy atom. The molecule has 0 bridgehead atoms. The second kappa shape index (κ2) is 4.38. The summed E-state index contributed by atoms with van der Waals surface area (Å²) in [5.74, 6) is -0.469. The number of rotatable bonds is 4. The van der Waals surface area contributed by atoms with E-state index in [0.29, 0.717) is 0 Å². The zero-order chi connectivity index (χ0) is 10.6. The van der Waals surface area contributed by atoms with Gasteiger partial charge in [-0.25, -0.2) is 0 Å². The van der Waals surface area contributed by atoms with Gasteiger partial charge < -0.3 is 5.32 Å². The third-order valence-corrected chi connectivity index (χ3v) is 3.08. The molecule has 0 heterocycles. The van der Waals surface area contributed by atoms with E-state index in [9.17, 15) is 13.2 Å². The largest absolute Gasteiger partial charge is 0.349 e. The molecule has 6 heteroatoms. The van der Waals surface area contributed by atoms with Crippen molar-refractivity contribution in [1.29, 1.82) is 0 Å². The topological polar surface area (TPSA) is 83.5 Å². The molecule has 1 amide bonds. The molecule has 2 unspecified atom stereocenters. The van der Waals surface area contributed by atoms with Crippen LogP contribution in [0, 0.1) is 0 Å². The lowest BCUT2D eigenvalue weighted by Crippen LogP contribution is -2.42. The van der Waals surface area contributed by atoms with Crippen LogP contribution in [0.2, 0.25) is 0 Å². The zero-order valence-corrected chi connectivity index (χ0v) is 8.34. The molecule has 0 aromatic carbocycles. The molecule has 0 aromatic rings. The van der Waals surface area contributed by atoms with Gasteiger partial charge in [0.1, 0.15) is 5.25 Å². The van der Waals surface area contributed by atoms with E-state index < -0.39 is 27.3 Å². The average Bonchev–Trinajstić information content (AvgIpc) is 2.01. The molecule has 2 N–H and O–H groups in total. The fraction of sp³-hybridized carbons (Fsp3) is 0.571. The third kappa shape index (κ3) is 4.05. The highest BCUT2D eigenvalue weighted by molar-refractivity contribution is 7.86. The lowest BCUT2D eigenvalue weighted by atomic mass is 10.2. The van der Waals surface area contributed by atoms with E-state index in [-0.39, 0.29) is 0 Å². The fourth-order valence-corrected chi connectivity index (χ4v) is 1.24. The lowest BCUT2D eigenvalue weighted by molar-refractivity contribution is -0.117. The molecule has 2 atom stereocenters. The van der Waals surface area contributed by atoms with E-state index in [1.54, 1.807) is 0 Å². The van der Waals surface area contributed by atoms with Crippen LogP contribution in [0.25, 0.3) is 0 Å². The molecule has 0 fully saturated rings. The molecule has 0 aliphatic rings. The van der Waals surface area contributed by atoms with Gasteiger partial charge in [-0.05, 0) is 19.9 Å². The first-order chi connectivity index (χ1) is 5.79. The van der Waals surface area contributed by atoms with Crippen molar-refractivity contribution >= 4 is 16.0 Å². The van der Waals surface area contributed by atoms with Crippen LogP contribution in [-0.4, -0.2) is 30.2 Å². The lowest BCUT2D eigenvalue weighted by Gasteiger charge is -2.17. The molecule has 76 valence electrons. The molecular formula is C7H13NO4S. The summed E-state index contributed by atoms with van der Waals surface area (Å²) < 4.78 is 29.9. The van der Waals surface area contributed by atoms with Crippen molar-refractivity contribution in [1.82, 2.24) is 5.32 Å². The highest BCUT2D eigenvalue weighted by Crippen LogP contribution is 2.03. The van der Waals surface area contributed by atoms with Crippen LogP contribution in [0.4, 0.5) is 0 Å². The van der Waals surface area contributed by atoms with Crippen LogP contribution < -0.4 is 5.32 Å². The molecule has 0 rings (SSSR count). The smallest absolute Gasteiger partial charge is 0.269 e. The average molecular weight is 207 g/mol. The maximum absolute atomic E-state index is 10.7. The van der Waals surface area contributed by atoms with Crippen LogP contribution in [0.15, 0.2) is 12.7 Å².